The molecule has 1 aliphatic heterocycles. The van der Waals surface area contributed by atoms with Crippen molar-refractivity contribution in [2.45, 2.75) is 13.5 Å². The van der Waals surface area contributed by atoms with Crippen LogP contribution in [0.4, 0.5) is 5.13 Å². The lowest BCUT2D eigenvalue weighted by Crippen LogP contribution is -3.00. The molecule has 1 aromatic carbocycles. The van der Waals surface area contributed by atoms with Crippen molar-refractivity contribution in [1.29, 1.82) is 0 Å². The molecular formula is C13H12BrClN2OS. The van der Waals surface area contributed by atoms with Gasteiger partial charge in [-0.05, 0) is 29.0 Å². The summed E-state index contributed by atoms with van der Waals surface area (Å²) in [5, 5.41) is 1.76. The second kappa shape index (κ2) is 5.61. The van der Waals surface area contributed by atoms with Crippen LogP contribution >= 0.6 is 22.9 Å². The Morgan fingerprint density at radius 3 is 2.68 bits per heavy atom. The van der Waals surface area contributed by atoms with E-state index >= 15 is 0 Å². The van der Waals surface area contributed by atoms with E-state index in [1.54, 1.807) is 18.3 Å². The molecule has 0 atom stereocenters. The van der Waals surface area contributed by atoms with Crippen LogP contribution in [0.25, 0.3) is 10.4 Å². The number of nitrogens with zero attached hydrogens (tertiary/aromatic N) is 2. The molecule has 3 rings (SSSR count). The number of anilines is 1. The molecule has 1 aromatic heterocycles. The third-order valence-corrected chi connectivity index (χ3v) is 4.47. The highest BCUT2D eigenvalue weighted by Crippen LogP contribution is 2.32. The lowest BCUT2D eigenvalue weighted by molar-refractivity contribution is -0.666. The molecule has 0 fully saturated rings. The molecule has 2 heterocycles. The minimum Gasteiger partial charge on any atom is -1.00 e. The van der Waals surface area contributed by atoms with Gasteiger partial charge < -0.3 is 17.0 Å². The maximum absolute atomic E-state index is 11.5. The molecular weight excluding hydrogens is 348 g/mol. The van der Waals surface area contributed by atoms with Gasteiger partial charge >= 0.3 is 11.0 Å². The van der Waals surface area contributed by atoms with E-state index in [1.165, 1.54) is 0 Å². The Morgan fingerprint density at radius 1 is 1.37 bits per heavy atom. The quantitative estimate of drug-likeness (QED) is 0.643. The van der Waals surface area contributed by atoms with Crippen LogP contribution in [0.1, 0.15) is 6.92 Å². The summed E-state index contributed by atoms with van der Waals surface area (Å²) in [7, 11) is 0. The minimum atomic E-state index is 0. The molecule has 0 saturated heterocycles. The number of rotatable bonds is 1. The standard InChI is InChI=1S/C13H12ClN2OS.BrH/c1-9(17)16-7-6-15-8-12(18-13(15)16)10-2-4-11(14)5-3-10;/h2-5,8H,6-7H2,1H3;1H/q+1;/p-1. The number of thiazole rings is 1. The van der Waals surface area contributed by atoms with E-state index in [-0.39, 0.29) is 22.9 Å². The average Bonchev–Trinajstić information content (AvgIpc) is 2.88. The molecule has 0 spiro atoms. The Kier molecular flexibility index (Phi) is 4.28. The van der Waals surface area contributed by atoms with Crippen molar-refractivity contribution < 1.29 is 26.3 Å². The normalized spacial score (nSPS) is 13.1. The van der Waals surface area contributed by atoms with E-state index in [4.69, 9.17) is 11.6 Å². The first-order chi connectivity index (χ1) is 8.65. The smallest absolute Gasteiger partial charge is 0.344 e. The second-order valence-corrected chi connectivity index (χ2v) is 5.69. The molecule has 0 bridgehead atoms. The summed E-state index contributed by atoms with van der Waals surface area (Å²) in [5.41, 5.74) is 1.13. The highest BCUT2D eigenvalue weighted by Gasteiger charge is 2.34. The van der Waals surface area contributed by atoms with Gasteiger partial charge in [-0.15, -0.1) is 0 Å². The monoisotopic (exact) mass is 358 g/mol. The summed E-state index contributed by atoms with van der Waals surface area (Å²) < 4.78 is 2.13. The molecule has 100 valence electrons. The fraction of sp³-hybridized carbons (Fsp3) is 0.231. The molecule has 1 amide bonds. The van der Waals surface area contributed by atoms with Gasteiger partial charge in [-0.25, -0.2) is 9.36 Å². The fourth-order valence-electron chi connectivity index (χ4n) is 2.09. The van der Waals surface area contributed by atoms with E-state index in [0.717, 1.165) is 33.7 Å². The van der Waals surface area contributed by atoms with Gasteiger partial charge in [0.1, 0.15) is 19.3 Å². The molecule has 6 heteroatoms. The number of fused-ring (bicyclic) bond motifs is 1. The summed E-state index contributed by atoms with van der Waals surface area (Å²) in [6, 6.07) is 7.77. The van der Waals surface area contributed by atoms with Crippen molar-refractivity contribution in [3.63, 3.8) is 0 Å². The second-order valence-electron chi connectivity index (χ2n) is 4.25. The van der Waals surface area contributed by atoms with Gasteiger partial charge in [-0.3, -0.25) is 0 Å². The van der Waals surface area contributed by atoms with E-state index in [9.17, 15) is 4.79 Å². The summed E-state index contributed by atoms with van der Waals surface area (Å²) in [6.45, 7) is 3.26. The molecule has 3 nitrogen and oxygen atoms in total. The first kappa shape index (κ1) is 14.5. The van der Waals surface area contributed by atoms with Crippen LogP contribution in [-0.4, -0.2) is 12.5 Å². The lowest BCUT2D eigenvalue weighted by Gasteiger charge is -2.01. The molecule has 1 aliphatic rings. The molecule has 0 unspecified atom stereocenters. The minimum absolute atomic E-state index is 0. The highest BCUT2D eigenvalue weighted by atomic mass is 79.9. The number of amides is 1. The fourth-order valence-corrected chi connectivity index (χ4v) is 3.44. The van der Waals surface area contributed by atoms with Crippen molar-refractivity contribution in [1.82, 2.24) is 0 Å². The summed E-state index contributed by atoms with van der Waals surface area (Å²) in [6.07, 6.45) is 2.10. The molecule has 0 radical (unpaired) electrons. The predicted molar refractivity (Wildman–Crippen MR) is 73.0 cm³/mol. The van der Waals surface area contributed by atoms with Crippen molar-refractivity contribution in [3.8, 4) is 10.4 Å². The molecule has 19 heavy (non-hydrogen) atoms. The van der Waals surface area contributed by atoms with Gasteiger partial charge in [0.05, 0.1) is 4.88 Å². The first-order valence-corrected chi connectivity index (χ1v) is 6.92. The molecule has 2 aromatic rings. The van der Waals surface area contributed by atoms with Crippen molar-refractivity contribution >= 4 is 34.0 Å². The maximum atomic E-state index is 11.5. The third kappa shape index (κ3) is 2.68. The van der Waals surface area contributed by atoms with Crippen LogP contribution in [0.5, 0.6) is 0 Å². The van der Waals surface area contributed by atoms with Gasteiger partial charge in [-0.1, -0.05) is 23.7 Å². The molecule has 0 aliphatic carbocycles. The maximum Gasteiger partial charge on any atom is 0.344 e. The number of benzene rings is 1. The van der Waals surface area contributed by atoms with Crippen molar-refractivity contribution in [2.75, 3.05) is 11.4 Å². The summed E-state index contributed by atoms with van der Waals surface area (Å²) in [4.78, 5) is 14.5. The Bertz CT molecular complexity index is 612. The van der Waals surface area contributed by atoms with Gasteiger partial charge in [0.2, 0.25) is 0 Å². The zero-order valence-corrected chi connectivity index (χ0v) is 13.4. The topological polar surface area (TPSA) is 24.2 Å². The number of aromatic nitrogens is 1. The Hall–Kier alpha value is -0.910. The zero-order chi connectivity index (χ0) is 12.7. The van der Waals surface area contributed by atoms with Crippen molar-refractivity contribution in [3.05, 3.63) is 35.5 Å². The lowest BCUT2D eigenvalue weighted by atomic mass is 10.2. The van der Waals surface area contributed by atoms with E-state index in [2.05, 4.69) is 10.8 Å². The number of carbonyl (C=O) groups is 1. The van der Waals surface area contributed by atoms with E-state index < -0.39 is 0 Å². The van der Waals surface area contributed by atoms with Crippen LogP contribution in [0.2, 0.25) is 5.02 Å². The SMILES string of the molecule is CC(=O)N1CC[n+]2cc(-c3ccc(Cl)cc3)sc21.[Br-]. The Labute approximate surface area is 131 Å². The largest absolute Gasteiger partial charge is 1.00 e. The summed E-state index contributed by atoms with van der Waals surface area (Å²) in [5.74, 6) is 0.103. The van der Waals surface area contributed by atoms with Gasteiger partial charge in [0.25, 0.3) is 0 Å². The Morgan fingerprint density at radius 2 is 2.05 bits per heavy atom. The van der Waals surface area contributed by atoms with Gasteiger partial charge in [0.15, 0.2) is 0 Å². The van der Waals surface area contributed by atoms with Crippen molar-refractivity contribution in [2.24, 2.45) is 0 Å². The van der Waals surface area contributed by atoms with Gasteiger partial charge in [-0.2, -0.15) is 4.90 Å². The summed E-state index contributed by atoms with van der Waals surface area (Å²) >= 11 is 7.53. The van der Waals surface area contributed by atoms with Crippen LogP contribution in [-0.2, 0) is 11.3 Å². The van der Waals surface area contributed by atoms with Crippen LogP contribution < -0.4 is 26.4 Å². The molecule has 0 N–H and O–H groups in total. The van der Waals surface area contributed by atoms with Gasteiger partial charge in [0, 0.05) is 11.9 Å². The zero-order valence-electron chi connectivity index (χ0n) is 10.3. The Balaban J connectivity index is 0.00000133. The van der Waals surface area contributed by atoms with E-state index in [1.807, 2.05) is 29.2 Å². The van der Waals surface area contributed by atoms with Crippen LogP contribution in [0, 0.1) is 0 Å². The average molecular weight is 360 g/mol. The van der Waals surface area contributed by atoms with Crippen LogP contribution in [0.3, 0.4) is 0 Å². The van der Waals surface area contributed by atoms with E-state index in [0.29, 0.717) is 0 Å². The number of hydrogen-bond acceptors (Lipinski definition) is 2. The number of carbonyl (C=O) groups excluding carboxylic acids is 1. The highest BCUT2D eigenvalue weighted by molar-refractivity contribution is 7.18. The molecule has 0 saturated carbocycles. The predicted octanol–water partition coefficient (Wildman–Crippen LogP) is -0.274. The number of hydrogen-bond donors (Lipinski definition) is 0. The third-order valence-electron chi connectivity index (χ3n) is 3.02. The van der Waals surface area contributed by atoms with Crippen LogP contribution in [0.15, 0.2) is 30.5 Å². The number of halogens is 2. The first-order valence-electron chi connectivity index (χ1n) is 5.72.